The van der Waals surface area contributed by atoms with Crippen molar-refractivity contribution in [2.75, 3.05) is 7.11 Å². The largest absolute Gasteiger partial charge is 0.427 e. The number of hydrogen-bond donors (Lipinski definition) is 1. The summed E-state index contributed by atoms with van der Waals surface area (Å²) in [5.41, 5.74) is 1.08. The van der Waals surface area contributed by atoms with Gasteiger partial charge in [-0.1, -0.05) is 18.6 Å². The fourth-order valence-electron chi connectivity index (χ4n) is 1.40. The molecule has 0 fully saturated rings. The second-order valence-corrected chi connectivity index (χ2v) is 6.68. The monoisotopic (exact) mass is 260 g/mol. The Morgan fingerprint density at radius 2 is 1.94 bits per heavy atom. The van der Waals surface area contributed by atoms with Crippen molar-refractivity contribution in [3.63, 3.8) is 0 Å². The Hall–Kier alpha value is -0.693. The van der Waals surface area contributed by atoms with Gasteiger partial charge < -0.3 is 4.43 Å². The molecule has 0 heterocycles. The van der Waals surface area contributed by atoms with E-state index in [9.17, 15) is 8.42 Å². The quantitative estimate of drug-likeness (QED) is 0.471. The molecule has 1 aromatic carbocycles. The lowest BCUT2D eigenvalue weighted by molar-refractivity contribution is 0.439. The molecule has 0 spiro atoms. The molecule has 0 aliphatic rings. The van der Waals surface area contributed by atoms with E-state index >= 15 is 0 Å². The zero-order valence-corrected chi connectivity index (χ0v) is 11.4. The third-order valence-corrected chi connectivity index (χ3v) is 4.35. The average molecular weight is 260 g/mol. The number of rotatable bonds is 6. The molecule has 6 heteroatoms. The van der Waals surface area contributed by atoms with Gasteiger partial charge in [0, 0.05) is 7.11 Å². The molecule has 1 N–H and O–H groups in total. The van der Waals surface area contributed by atoms with Crippen molar-refractivity contribution < 1.29 is 17.4 Å². The summed E-state index contributed by atoms with van der Waals surface area (Å²) in [5.74, 6) is 0. The van der Waals surface area contributed by atoms with Gasteiger partial charge >= 0.3 is 0 Å². The van der Waals surface area contributed by atoms with E-state index in [0.29, 0.717) is 0 Å². The average Bonchev–Trinajstić information content (AvgIpc) is 2.24. The van der Waals surface area contributed by atoms with Crippen molar-refractivity contribution in [3.05, 3.63) is 29.8 Å². The summed E-state index contributed by atoms with van der Waals surface area (Å²) >= 11 is 0. The fraction of sp³-hybridized carbons (Fsp3) is 0.400. The van der Waals surface area contributed by atoms with E-state index in [0.717, 1.165) is 24.4 Å². The Balaban J connectivity index is 2.52. The normalized spacial score (nSPS) is 12.4. The van der Waals surface area contributed by atoms with E-state index < -0.39 is 10.1 Å². The molecule has 0 unspecified atom stereocenters. The van der Waals surface area contributed by atoms with Crippen LogP contribution in [0.25, 0.3) is 0 Å². The summed E-state index contributed by atoms with van der Waals surface area (Å²) < 4.78 is 35.4. The lowest BCUT2D eigenvalue weighted by atomic mass is 10.1. The van der Waals surface area contributed by atoms with Crippen molar-refractivity contribution in [1.29, 1.82) is 0 Å². The van der Waals surface area contributed by atoms with E-state index in [1.54, 1.807) is 19.2 Å². The molecule has 0 saturated carbocycles. The van der Waals surface area contributed by atoms with Crippen LogP contribution >= 0.6 is 0 Å². The Bertz CT molecular complexity index is 413. The van der Waals surface area contributed by atoms with Crippen molar-refractivity contribution >= 4 is 19.9 Å². The fourth-order valence-corrected chi connectivity index (χ4v) is 2.63. The first-order valence-corrected chi connectivity index (χ1v) is 8.11. The first-order valence-electron chi connectivity index (χ1n) is 5.09. The molecular weight excluding hydrogens is 244 g/mol. The topological polar surface area (TPSA) is 63.6 Å². The van der Waals surface area contributed by atoms with Gasteiger partial charge in [0.05, 0.1) is 4.90 Å². The Kier molecular flexibility index (Phi) is 5.13. The number of aryl methyl sites for hydroxylation is 1. The van der Waals surface area contributed by atoms with Gasteiger partial charge in [-0.3, -0.25) is 4.55 Å². The molecular formula is C10H16O4SSi. The maximum atomic E-state index is 10.8. The molecule has 1 aromatic rings. The summed E-state index contributed by atoms with van der Waals surface area (Å²) in [7, 11) is -2.69. The van der Waals surface area contributed by atoms with Crippen molar-refractivity contribution in [3.8, 4) is 0 Å². The van der Waals surface area contributed by atoms with Gasteiger partial charge in [-0.25, -0.2) is 0 Å². The van der Waals surface area contributed by atoms with Crippen molar-refractivity contribution in [1.82, 2.24) is 0 Å². The van der Waals surface area contributed by atoms with Gasteiger partial charge in [0.1, 0.15) is 0 Å². The van der Waals surface area contributed by atoms with Gasteiger partial charge in [0.25, 0.3) is 10.1 Å². The first-order chi connectivity index (χ1) is 7.54. The van der Waals surface area contributed by atoms with Gasteiger partial charge in [-0.05, 0) is 30.2 Å². The van der Waals surface area contributed by atoms with E-state index in [1.807, 2.05) is 0 Å². The highest BCUT2D eigenvalue weighted by Gasteiger charge is 2.07. The second-order valence-electron chi connectivity index (χ2n) is 3.57. The summed E-state index contributed by atoms with van der Waals surface area (Å²) in [4.78, 5) is -0.0532. The lowest BCUT2D eigenvalue weighted by Crippen LogP contribution is -1.98. The van der Waals surface area contributed by atoms with Gasteiger partial charge in [0.2, 0.25) is 0 Å². The molecule has 0 radical (unpaired) electrons. The number of hydrogen-bond acceptors (Lipinski definition) is 3. The molecule has 90 valence electrons. The molecule has 0 bridgehead atoms. The predicted octanol–water partition coefficient (Wildman–Crippen LogP) is 1.01. The van der Waals surface area contributed by atoms with Crippen LogP contribution in [-0.4, -0.2) is 29.8 Å². The molecule has 0 atom stereocenters. The summed E-state index contributed by atoms with van der Waals surface area (Å²) in [6.07, 6.45) is 1.98. The van der Waals surface area contributed by atoms with Crippen LogP contribution < -0.4 is 0 Å². The van der Waals surface area contributed by atoms with E-state index in [-0.39, 0.29) is 14.7 Å². The standard InChI is InChI=1S/C10H16O4SSi/c1-14-16-8-2-3-9-4-6-10(7-5-9)15(11,12)13/h4-7H,2-3,8,16H2,1H3,(H,11,12,13). The Morgan fingerprint density at radius 1 is 1.31 bits per heavy atom. The second kappa shape index (κ2) is 6.14. The van der Waals surface area contributed by atoms with Crippen LogP contribution in [-0.2, 0) is 21.0 Å². The SMILES string of the molecule is CO[SiH2]CCCc1ccc(S(=O)(=O)O)cc1. The maximum absolute atomic E-state index is 10.8. The third-order valence-electron chi connectivity index (χ3n) is 2.29. The molecule has 0 aromatic heterocycles. The van der Waals surface area contributed by atoms with Crippen LogP contribution in [0.3, 0.4) is 0 Å². The third kappa shape index (κ3) is 4.44. The van der Waals surface area contributed by atoms with Gasteiger partial charge in [0.15, 0.2) is 9.76 Å². The van der Waals surface area contributed by atoms with Crippen molar-refractivity contribution in [2.24, 2.45) is 0 Å². The van der Waals surface area contributed by atoms with Crippen LogP contribution in [0, 0.1) is 0 Å². The molecule has 4 nitrogen and oxygen atoms in total. The zero-order chi connectivity index (χ0) is 12.0. The highest BCUT2D eigenvalue weighted by Crippen LogP contribution is 2.12. The Morgan fingerprint density at radius 3 is 2.44 bits per heavy atom. The predicted molar refractivity (Wildman–Crippen MR) is 64.9 cm³/mol. The van der Waals surface area contributed by atoms with Crippen LogP contribution in [0.15, 0.2) is 29.2 Å². The maximum Gasteiger partial charge on any atom is 0.294 e. The highest BCUT2D eigenvalue weighted by atomic mass is 32.2. The van der Waals surface area contributed by atoms with E-state index in [4.69, 9.17) is 8.98 Å². The Labute approximate surface area is 98.3 Å². The minimum atomic E-state index is -4.06. The summed E-state index contributed by atoms with van der Waals surface area (Å²) in [6.45, 7) is 0. The van der Waals surface area contributed by atoms with E-state index in [2.05, 4.69) is 0 Å². The number of benzene rings is 1. The molecule has 16 heavy (non-hydrogen) atoms. The minimum Gasteiger partial charge on any atom is -0.427 e. The lowest BCUT2D eigenvalue weighted by Gasteiger charge is -2.02. The molecule has 1 rings (SSSR count). The zero-order valence-electron chi connectivity index (χ0n) is 9.22. The van der Waals surface area contributed by atoms with Crippen LogP contribution in [0.5, 0.6) is 0 Å². The van der Waals surface area contributed by atoms with Crippen molar-refractivity contribution in [2.45, 2.75) is 23.8 Å². The first kappa shape index (κ1) is 13.4. The van der Waals surface area contributed by atoms with Gasteiger partial charge in [-0.2, -0.15) is 8.42 Å². The van der Waals surface area contributed by atoms with Crippen LogP contribution in [0.4, 0.5) is 0 Å². The molecule has 0 aliphatic heterocycles. The summed E-state index contributed by atoms with van der Waals surface area (Å²) in [5, 5.41) is 0. The van der Waals surface area contributed by atoms with Gasteiger partial charge in [-0.15, -0.1) is 0 Å². The van der Waals surface area contributed by atoms with Crippen LogP contribution in [0.1, 0.15) is 12.0 Å². The minimum absolute atomic E-state index is 0.0532. The highest BCUT2D eigenvalue weighted by molar-refractivity contribution is 7.85. The summed E-state index contributed by atoms with van der Waals surface area (Å²) in [6, 6.07) is 7.45. The van der Waals surface area contributed by atoms with E-state index in [1.165, 1.54) is 12.1 Å². The molecule has 0 saturated heterocycles. The van der Waals surface area contributed by atoms with Crippen LogP contribution in [0.2, 0.25) is 6.04 Å². The molecule has 0 amide bonds. The smallest absolute Gasteiger partial charge is 0.294 e. The molecule has 0 aliphatic carbocycles.